The summed E-state index contributed by atoms with van der Waals surface area (Å²) in [4.78, 5) is 12.0. The van der Waals surface area contributed by atoms with Crippen LogP contribution in [-0.2, 0) is 16.0 Å². The van der Waals surface area contributed by atoms with E-state index in [1.807, 2.05) is 37.3 Å². The Morgan fingerprint density at radius 3 is 2.58 bits per heavy atom. The van der Waals surface area contributed by atoms with E-state index in [0.717, 1.165) is 5.56 Å². The topological polar surface area (TPSA) is 26.3 Å². The summed E-state index contributed by atoms with van der Waals surface area (Å²) in [6.07, 6.45) is 1.04. The number of ether oxygens (including phenoxy) is 1. The van der Waals surface area contributed by atoms with Crippen LogP contribution in [0.25, 0.3) is 0 Å². The molecule has 2 aromatic carbocycles. The summed E-state index contributed by atoms with van der Waals surface area (Å²) >= 11 is 10.5. The molecule has 0 bridgehead atoms. The highest BCUT2D eigenvalue weighted by Crippen LogP contribution is 2.31. The number of halogens is 2. The Hall–Kier alpha value is -1.52. The lowest BCUT2D eigenvalue weighted by Gasteiger charge is -2.24. The highest BCUT2D eigenvalue weighted by molar-refractivity contribution is 7.80. The van der Waals surface area contributed by atoms with Gasteiger partial charge >= 0.3 is 5.97 Å². The fourth-order valence-electron chi connectivity index (χ4n) is 2.46. The predicted octanol–water partition coefficient (Wildman–Crippen LogP) is 5.40. The molecule has 128 valence electrons. The van der Waals surface area contributed by atoms with Gasteiger partial charge in [0.05, 0.1) is 5.25 Å². The maximum atomic E-state index is 13.6. The van der Waals surface area contributed by atoms with Crippen molar-refractivity contribution in [2.45, 2.75) is 37.5 Å². The number of rotatable bonds is 7. The molecule has 0 radical (unpaired) electrons. The molecule has 0 saturated heterocycles. The number of hydrogen-bond acceptors (Lipinski definition) is 3. The van der Waals surface area contributed by atoms with Gasteiger partial charge in [0.1, 0.15) is 11.9 Å². The zero-order valence-corrected chi connectivity index (χ0v) is 15.1. The molecular weight excluding hydrogens is 347 g/mol. The number of esters is 1. The lowest BCUT2D eigenvalue weighted by molar-refractivity contribution is -0.149. The first kappa shape index (κ1) is 18.8. The van der Waals surface area contributed by atoms with Gasteiger partial charge in [-0.2, -0.15) is 12.6 Å². The highest BCUT2D eigenvalue weighted by atomic mass is 35.5. The van der Waals surface area contributed by atoms with Crippen molar-refractivity contribution in [1.29, 1.82) is 0 Å². The van der Waals surface area contributed by atoms with Crippen LogP contribution >= 0.6 is 24.2 Å². The normalized spacial score (nSPS) is 13.3. The second kappa shape index (κ2) is 9.09. The number of carbonyl (C=O) groups is 1. The van der Waals surface area contributed by atoms with Crippen molar-refractivity contribution >= 4 is 30.2 Å². The molecule has 2 nitrogen and oxygen atoms in total. The molecule has 0 spiro atoms. The molecule has 0 N–H and O–H groups in total. The molecular formula is C19H20ClFO2S. The first-order valence-corrected chi connectivity index (χ1v) is 8.76. The fraction of sp³-hybridized carbons (Fsp3) is 0.316. The van der Waals surface area contributed by atoms with Crippen LogP contribution in [0.15, 0.2) is 48.5 Å². The minimum atomic E-state index is -0.507. The molecule has 2 aromatic rings. The summed E-state index contributed by atoms with van der Waals surface area (Å²) in [5.41, 5.74) is 1.61. The van der Waals surface area contributed by atoms with Gasteiger partial charge in [-0.1, -0.05) is 48.9 Å². The molecule has 0 fully saturated rings. The molecule has 5 heteroatoms. The van der Waals surface area contributed by atoms with E-state index in [2.05, 4.69) is 12.6 Å². The number of benzene rings is 2. The van der Waals surface area contributed by atoms with Gasteiger partial charge in [-0.05, 0) is 35.7 Å². The summed E-state index contributed by atoms with van der Waals surface area (Å²) in [5, 5.41) is -0.179. The van der Waals surface area contributed by atoms with Gasteiger partial charge in [-0.25, -0.2) is 4.39 Å². The first-order valence-electron chi connectivity index (χ1n) is 7.87. The molecule has 2 atom stereocenters. The predicted molar refractivity (Wildman–Crippen MR) is 98.1 cm³/mol. The molecule has 2 unspecified atom stereocenters. The second-order valence-corrected chi connectivity index (χ2v) is 6.61. The van der Waals surface area contributed by atoms with Crippen LogP contribution in [0.3, 0.4) is 0 Å². The van der Waals surface area contributed by atoms with Crippen molar-refractivity contribution in [3.63, 3.8) is 0 Å². The number of hydrogen-bond donors (Lipinski definition) is 1. The Morgan fingerprint density at radius 2 is 1.96 bits per heavy atom. The van der Waals surface area contributed by atoms with Crippen molar-refractivity contribution in [3.05, 3.63) is 70.5 Å². The van der Waals surface area contributed by atoms with Gasteiger partial charge in [0.2, 0.25) is 0 Å². The number of carbonyl (C=O) groups excluding carboxylic acids is 1. The first-order chi connectivity index (χ1) is 11.5. The van der Waals surface area contributed by atoms with Crippen LogP contribution < -0.4 is 0 Å². The zero-order chi connectivity index (χ0) is 17.5. The van der Waals surface area contributed by atoms with Crippen molar-refractivity contribution in [3.8, 4) is 0 Å². The van der Waals surface area contributed by atoms with Gasteiger partial charge in [-0.15, -0.1) is 0 Å². The minimum Gasteiger partial charge on any atom is -0.460 e. The van der Waals surface area contributed by atoms with Crippen molar-refractivity contribution in [1.82, 2.24) is 0 Å². The van der Waals surface area contributed by atoms with Gasteiger partial charge in [0.25, 0.3) is 0 Å². The van der Waals surface area contributed by atoms with Crippen molar-refractivity contribution in [2.24, 2.45) is 0 Å². The van der Waals surface area contributed by atoms with Crippen LogP contribution in [-0.4, -0.2) is 12.1 Å². The molecule has 0 aliphatic carbocycles. The van der Waals surface area contributed by atoms with Crippen LogP contribution in [0.1, 0.15) is 36.1 Å². The Kier molecular flexibility index (Phi) is 7.13. The molecule has 0 heterocycles. The summed E-state index contributed by atoms with van der Waals surface area (Å²) in [6.45, 7) is 1.91. The Bertz CT molecular complexity index is 658. The van der Waals surface area contributed by atoms with E-state index in [-0.39, 0.29) is 5.97 Å². The average Bonchev–Trinajstić information content (AvgIpc) is 2.54. The standard InChI is InChI=1S/C19H20ClFO2S/c1-2-6-18(22)23-17(9-13-7-4-3-5-8-13)19(24)14-10-15(20)12-16(21)11-14/h3-5,7-8,10-12,17,19,24H,2,6,9H2,1H3. The van der Waals surface area contributed by atoms with Crippen LogP contribution in [0.4, 0.5) is 4.39 Å². The van der Waals surface area contributed by atoms with Gasteiger partial charge in [-0.3, -0.25) is 4.79 Å². The summed E-state index contributed by atoms with van der Waals surface area (Å²) in [5.74, 6) is -0.713. The van der Waals surface area contributed by atoms with Crippen molar-refractivity contribution in [2.75, 3.05) is 0 Å². The highest BCUT2D eigenvalue weighted by Gasteiger charge is 2.25. The SMILES string of the molecule is CCCC(=O)OC(Cc1ccccc1)C(S)c1cc(F)cc(Cl)c1. The smallest absolute Gasteiger partial charge is 0.306 e. The van der Waals surface area contributed by atoms with E-state index >= 15 is 0 Å². The van der Waals surface area contributed by atoms with Gasteiger partial charge in [0, 0.05) is 17.9 Å². The summed E-state index contributed by atoms with van der Waals surface area (Å²) < 4.78 is 19.2. The van der Waals surface area contributed by atoms with Crippen LogP contribution in [0, 0.1) is 5.82 Å². The summed E-state index contributed by atoms with van der Waals surface area (Å²) in [7, 11) is 0. The third-order valence-electron chi connectivity index (χ3n) is 3.60. The Morgan fingerprint density at radius 1 is 1.25 bits per heavy atom. The van der Waals surface area contributed by atoms with Gasteiger partial charge in [0.15, 0.2) is 0 Å². The maximum absolute atomic E-state index is 13.6. The zero-order valence-electron chi connectivity index (χ0n) is 13.4. The quantitative estimate of drug-likeness (QED) is 0.524. The molecule has 24 heavy (non-hydrogen) atoms. The van der Waals surface area contributed by atoms with E-state index < -0.39 is 17.2 Å². The molecule has 0 aliphatic rings. The molecule has 0 saturated carbocycles. The molecule has 0 aromatic heterocycles. The second-order valence-electron chi connectivity index (χ2n) is 5.62. The van der Waals surface area contributed by atoms with Crippen LogP contribution in [0.2, 0.25) is 5.02 Å². The monoisotopic (exact) mass is 366 g/mol. The largest absolute Gasteiger partial charge is 0.460 e. The summed E-state index contributed by atoms with van der Waals surface area (Å²) in [6, 6.07) is 13.9. The Balaban J connectivity index is 2.24. The van der Waals surface area contributed by atoms with E-state index in [0.29, 0.717) is 29.8 Å². The molecule has 0 aliphatic heterocycles. The molecule has 0 amide bonds. The third kappa shape index (κ3) is 5.53. The lowest BCUT2D eigenvalue weighted by atomic mass is 10.0. The Labute approximate surface area is 152 Å². The van der Waals surface area contributed by atoms with Crippen LogP contribution in [0.5, 0.6) is 0 Å². The van der Waals surface area contributed by atoms with E-state index in [4.69, 9.17) is 16.3 Å². The van der Waals surface area contributed by atoms with E-state index in [9.17, 15) is 9.18 Å². The maximum Gasteiger partial charge on any atom is 0.306 e. The lowest BCUT2D eigenvalue weighted by Crippen LogP contribution is -2.25. The fourth-order valence-corrected chi connectivity index (χ4v) is 3.00. The van der Waals surface area contributed by atoms with Gasteiger partial charge < -0.3 is 4.74 Å². The third-order valence-corrected chi connectivity index (χ3v) is 4.44. The van der Waals surface area contributed by atoms with E-state index in [1.54, 1.807) is 6.07 Å². The number of thiol groups is 1. The average molecular weight is 367 g/mol. The van der Waals surface area contributed by atoms with Crippen molar-refractivity contribution < 1.29 is 13.9 Å². The van der Waals surface area contributed by atoms with E-state index in [1.165, 1.54) is 12.1 Å². The molecule has 2 rings (SSSR count). The minimum absolute atomic E-state index is 0.278.